The molecule has 1 unspecified atom stereocenters. The standard InChI is InChI=1S/C11H17F3N2O/c1-8(15)2-3-10(17)16-6-4-9(5-7-16)11(12,13)14/h4,8H,2-3,5-7,15H2,1H3. The molecular formula is C11H17F3N2O. The van der Waals surface area contributed by atoms with Gasteiger partial charge in [0, 0.05) is 31.1 Å². The first-order valence-electron chi connectivity index (χ1n) is 5.60. The Morgan fingerprint density at radius 2 is 2.24 bits per heavy atom. The Morgan fingerprint density at radius 3 is 2.65 bits per heavy atom. The van der Waals surface area contributed by atoms with Crippen LogP contribution in [0.4, 0.5) is 13.2 Å². The van der Waals surface area contributed by atoms with Gasteiger partial charge in [0.25, 0.3) is 0 Å². The maximum atomic E-state index is 12.3. The summed E-state index contributed by atoms with van der Waals surface area (Å²) in [5.41, 5.74) is 4.98. The summed E-state index contributed by atoms with van der Waals surface area (Å²) < 4.78 is 37.0. The van der Waals surface area contributed by atoms with E-state index in [1.165, 1.54) is 4.90 Å². The van der Waals surface area contributed by atoms with E-state index in [2.05, 4.69) is 0 Å². The van der Waals surface area contributed by atoms with E-state index in [1.807, 2.05) is 0 Å². The first-order valence-corrected chi connectivity index (χ1v) is 5.60. The second kappa shape index (κ2) is 5.53. The lowest BCUT2D eigenvalue weighted by Crippen LogP contribution is -2.37. The van der Waals surface area contributed by atoms with Gasteiger partial charge in [0.05, 0.1) is 0 Å². The van der Waals surface area contributed by atoms with Crippen molar-refractivity contribution in [3.05, 3.63) is 11.6 Å². The molecule has 0 aliphatic carbocycles. The van der Waals surface area contributed by atoms with Crippen LogP contribution in [-0.4, -0.2) is 36.1 Å². The number of nitrogens with zero attached hydrogens (tertiary/aromatic N) is 1. The highest BCUT2D eigenvalue weighted by Crippen LogP contribution is 2.30. The molecular weight excluding hydrogens is 233 g/mol. The third-order valence-corrected chi connectivity index (χ3v) is 2.74. The molecule has 1 aliphatic heterocycles. The first-order chi connectivity index (χ1) is 7.80. The SMILES string of the molecule is CC(N)CCC(=O)N1CC=C(C(F)(F)F)CC1. The zero-order chi connectivity index (χ0) is 13.1. The lowest BCUT2D eigenvalue weighted by atomic mass is 10.1. The number of rotatable bonds is 3. The maximum Gasteiger partial charge on any atom is 0.412 e. The predicted octanol–water partition coefficient (Wildman–Crippen LogP) is 1.83. The van der Waals surface area contributed by atoms with Crippen molar-refractivity contribution in [1.29, 1.82) is 0 Å². The highest BCUT2D eigenvalue weighted by atomic mass is 19.4. The molecule has 0 aromatic heterocycles. The van der Waals surface area contributed by atoms with Crippen LogP contribution in [0.3, 0.4) is 0 Å². The summed E-state index contributed by atoms with van der Waals surface area (Å²) in [4.78, 5) is 13.1. The van der Waals surface area contributed by atoms with Gasteiger partial charge in [-0.15, -0.1) is 0 Å². The van der Waals surface area contributed by atoms with Crippen LogP contribution in [0.15, 0.2) is 11.6 Å². The highest BCUT2D eigenvalue weighted by molar-refractivity contribution is 5.76. The van der Waals surface area contributed by atoms with Crippen LogP contribution in [0.5, 0.6) is 0 Å². The monoisotopic (exact) mass is 250 g/mol. The number of nitrogens with two attached hydrogens (primary N) is 1. The lowest BCUT2D eigenvalue weighted by molar-refractivity contribution is -0.132. The van der Waals surface area contributed by atoms with Crippen molar-refractivity contribution in [2.45, 2.75) is 38.4 Å². The Labute approximate surface area is 98.5 Å². The van der Waals surface area contributed by atoms with Crippen molar-refractivity contribution >= 4 is 5.91 Å². The Balaban J connectivity index is 2.46. The van der Waals surface area contributed by atoms with Crippen molar-refractivity contribution in [3.63, 3.8) is 0 Å². The van der Waals surface area contributed by atoms with E-state index < -0.39 is 11.7 Å². The normalized spacial score (nSPS) is 18.9. The molecule has 6 heteroatoms. The molecule has 17 heavy (non-hydrogen) atoms. The number of amides is 1. The fraction of sp³-hybridized carbons (Fsp3) is 0.727. The molecule has 1 atom stereocenters. The van der Waals surface area contributed by atoms with Gasteiger partial charge in [0.1, 0.15) is 0 Å². The molecule has 0 bridgehead atoms. The summed E-state index contributed by atoms with van der Waals surface area (Å²) in [5, 5.41) is 0. The fourth-order valence-electron chi connectivity index (χ4n) is 1.66. The summed E-state index contributed by atoms with van der Waals surface area (Å²) in [6.45, 7) is 1.99. The van der Waals surface area contributed by atoms with Crippen molar-refractivity contribution < 1.29 is 18.0 Å². The summed E-state index contributed by atoms with van der Waals surface area (Å²) in [6.07, 6.45) is -2.43. The number of carbonyl (C=O) groups is 1. The smallest absolute Gasteiger partial charge is 0.339 e. The number of hydrogen-bond acceptors (Lipinski definition) is 2. The fourth-order valence-corrected chi connectivity index (χ4v) is 1.66. The molecule has 0 aromatic carbocycles. The van der Waals surface area contributed by atoms with E-state index in [1.54, 1.807) is 6.92 Å². The van der Waals surface area contributed by atoms with Gasteiger partial charge in [0.2, 0.25) is 5.91 Å². The average Bonchev–Trinajstić information content (AvgIpc) is 2.25. The van der Waals surface area contributed by atoms with Crippen LogP contribution in [0, 0.1) is 0 Å². The average molecular weight is 250 g/mol. The van der Waals surface area contributed by atoms with E-state index in [0.29, 0.717) is 12.8 Å². The molecule has 0 spiro atoms. The van der Waals surface area contributed by atoms with Gasteiger partial charge in [-0.1, -0.05) is 6.08 Å². The molecule has 1 aliphatic rings. The van der Waals surface area contributed by atoms with Crippen LogP contribution in [0.1, 0.15) is 26.2 Å². The number of hydrogen-bond donors (Lipinski definition) is 1. The van der Waals surface area contributed by atoms with Gasteiger partial charge in [0.15, 0.2) is 0 Å². The number of alkyl halides is 3. The van der Waals surface area contributed by atoms with E-state index >= 15 is 0 Å². The molecule has 3 nitrogen and oxygen atoms in total. The molecule has 1 heterocycles. The second-order valence-electron chi connectivity index (χ2n) is 4.33. The van der Waals surface area contributed by atoms with Gasteiger partial charge < -0.3 is 10.6 Å². The van der Waals surface area contributed by atoms with E-state index in [-0.39, 0.29) is 31.5 Å². The van der Waals surface area contributed by atoms with Gasteiger partial charge in [-0.25, -0.2) is 0 Å². The van der Waals surface area contributed by atoms with Crippen LogP contribution in [0.2, 0.25) is 0 Å². The third-order valence-electron chi connectivity index (χ3n) is 2.74. The molecule has 0 aromatic rings. The summed E-state index contributed by atoms with van der Waals surface area (Å²) >= 11 is 0. The summed E-state index contributed by atoms with van der Waals surface area (Å²) in [7, 11) is 0. The molecule has 0 radical (unpaired) electrons. The quantitative estimate of drug-likeness (QED) is 0.777. The zero-order valence-corrected chi connectivity index (χ0v) is 9.76. The van der Waals surface area contributed by atoms with Crippen LogP contribution >= 0.6 is 0 Å². The minimum atomic E-state index is -4.26. The van der Waals surface area contributed by atoms with Crippen molar-refractivity contribution in [2.24, 2.45) is 5.73 Å². The van der Waals surface area contributed by atoms with Gasteiger partial charge in [-0.2, -0.15) is 13.2 Å². The molecule has 98 valence electrons. The van der Waals surface area contributed by atoms with E-state index in [0.717, 1.165) is 6.08 Å². The molecule has 0 fully saturated rings. The van der Waals surface area contributed by atoms with Gasteiger partial charge in [-0.3, -0.25) is 4.79 Å². The third kappa shape index (κ3) is 4.38. The van der Waals surface area contributed by atoms with Crippen molar-refractivity contribution in [2.75, 3.05) is 13.1 Å². The van der Waals surface area contributed by atoms with Crippen LogP contribution < -0.4 is 5.73 Å². The zero-order valence-electron chi connectivity index (χ0n) is 9.76. The van der Waals surface area contributed by atoms with E-state index in [9.17, 15) is 18.0 Å². The number of carbonyl (C=O) groups excluding carboxylic acids is 1. The predicted molar refractivity (Wildman–Crippen MR) is 58.2 cm³/mol. The topological polar surface area (TPSA) is 46.3 Å². The van der Waals surface area contributed by atoms with Gasteiger partial charge >= 0.3 is 6.18 Å². The minimum absolute atomic E-state index is 0.0482. The van der Waals surface area contributed by atoms with Gasteiger partial charge in [-0.05, 0) is 19.8 Å². The Morgan fingerprint density at radius 1 is 1.59 bits per heavy atom. The highest BCUT2D eigenvalue weighted by Gasteiger charge is 2.35. The molecule has 0 saturated carbocycles. The first kappa shape index (κ1) is 14.0. The molecule has 1 rings (SSSR count). The maximum absolute atomic E-state index is 12.3. The molecule has 0 saturated heterocycles. The molecule has 2 N–H and O–H groups in total. The summed E-state index contributed by atoms with van der Waals surface area (Å²) in [6, 6.07) is -0.0648. The Hall–Kier alpha value is -1.04. The van der Waals surface area contributed by atoms with Crippen LogP contribution in [-0.2, 0) is 4.79 Å². The molecule has 1 amide bonds. The number of halogens is 3. The Kier molecular flexibility index (Phi) is 4.56. The lowest BCUT2D eigenvalue weighted by Gasteiger charge is -2.27. The second-order valence-corrected chi connectivity index (χ2v) is 4.33. The summed E-state index contributed by atoms with van der Waals surface area (Å²) in [5.74, 6) is -0.125. The Bertz CT molecular complexity index is 310. The minimum Gasteiger partial charge on any atom is -0.339 e. The largest absolute Gasteiger partial charge is 0.412 e. The van der Waals surface area contributed by atoms with Crippen molar-refractivity contribution in [3.8, 4) is 0 Å². The van der Waals surface area contributed by atoms with E-state index in [4.69, 9.17) is 5.73 Å². The van der Waals surface area contributed by atoms with Crippen molar-refractivity contribution in [1.82, 2.24) is 4.90 Å². The van der Waals surface area contributed by atoms with Crippen LogP contribution in [0.25, 0.3) is 0 Å².